The summed E-state index contributed by atoms with van der Waals surface area (Å²) < 4.78 is 0. The Morgan fingerprint density at radius 1 is 1.13 bits per heavy atom. The van der Waals surface area contributed by atoms with Crippen LogP contribution in [0.25, 0.3) is 0 Å². The Bertz CT molecular complexity index is 528. The zero-order valence-corrected chi connectivity index (χ0v) is 14.0. The number of rotatable bonds is 6. The van der Waals surface area contributed by atoms with Gasteiger partial charge in [0.1, 0.15) is 0 Å². The molecule has 1 aromatic rings. The largest absolute Gasteiger partial charge is 0.481 e. The van der Waals surface area contributed by atoms with Gasteiger partial charge in [-0.2, -0.15) is 0 Å². The molecule has 2 rings (SSSR count). The van der Waals surface area contributed by atoms with Gasteiger partial charge in [-0.15, -0.1) is 0 Å². The van der Waals surface area contributed by atoms with E-state index in [0.717, 1.165) is 19.3 Å². The lowest BCUT2D eigenvalue weighted by molar-refractivity contribution is -0.142. The van der Waals surface area contributed by atoms with Gasteiger partial charge < -0.3 is 10.4 Å². The fraction of sp³-hybridized carbons (Fsp3) is 0.579. The lowest BCUT2D eigenvalue weighted by Crippen LogP contribution is -2.38. The van der Waals surface area contributed by atoms with Crippen molar-refractivity contribution in [2.24, 2.45) is 5.92 Å². The molecule has 1 aliphatic rings. The molecule has 4 heteroatoms. The van der Waals surface area contributed by atoms with Crippen molar-refractivity contribution in [3.8, 4) is 0 Å². The molecule has 126 valence electrons. The molecule has 0 aromatic heterocycles. The van der Waals surface area contributed by atoms with E-state index in [1.165, 1.54) is 11.1 Å². The lowest BCUT2D eigenvalue weighted by Gasteiger charge is -2.26. The Hall–Kier alpha value is -1.84. The maximum Gasteiger partial charge on any atom is 0.306 e. The van der Waals surface area contributed by atoms with Crippen molar-refractivity contribution in [2.45, 2.75) is 64.3 Å². The highest BCUT2D eigenvalue weighted by Gasteiger charge is 2.26. The van der Waals surface area contributed by atoms with Crippen LogP contribution >= 0.6 is 0 Å². The second-order valence-electron chi connectivity index (χ2n) is 6.85. The first-order chi connectivity index (χ1) is 11.0. The summed E-state index contributed by atoms with van der Waals surface area (Å²) in [5, 5.41) is 12.0. The van der Waals surface area contributed by atoms with Gasteiger partial charge in [-0.25, -0.2) is 0 Å². The van der Waals surface area contributed by atoms with Crippen LogP contribution in [0.4, 0.5) is 0 Å². The standard InChI is InChI=1S/C19H27NO3/c1-13(2)15-6-3-14(4-7-15)5-12-18(21)20-17-10-8-16(9-11-17)19(22)23/h3-4,6-7,13,16-17H,5,8-12H2,1-2H3,(H,20,21)(H,22,23). The topological polar surface area (TPSA) is 66.4 Å². The van der Waals surface area contributed by atoms with Gasteiger partial charge >= 0.3 is 5.97 Å². The summed E-state index contributed by atoms with van der Waals surface area (Å²) in [6.07, 6.45) is 4.10. The maximum absolute atomic E-state index is 12.0. The van der Waals surface area contributed by atoms with Crippen LogP contribution in [0, 0.1) is 5.92 Å². The van der Waals surface area contributed by atoms with Crippen LogP contribution in [-0.2, 0) is 16.0 Å². The van der Waals surface area contributed by atoms with Crippen molar-refractivity contribution in [2.75, 3.05) is 0 Å². The molecule has 0 spiro atoms. The number of aliphatic carboxylic acids is 1. The van der Waals surface area contributed by atoms with E-state index >= 15 is 0 Å². The van der Waals surface area contributed by atoms with Crippen molar-refractivity contribution in [3.05, 3.63) is 35.4 Å². The molecule has 1 aromatic carbocycles. The first kappa shape index (κ1) is 17.5. The molecule has 1 fully saturated rings. The number of nitrogens with one attached hydrogen (secondary N) is 1. The van der Waals surface area contributed by atoms with Gasteiger partial charge in [-0.05, 0) is 49.1 Å². The average Bonchev–Trinajstić information content (AvgIpc) is 2.54. The van der Waals surface area contributed by atoms with Gasteiger partial charge in [0.25, 0.3) is 0 Å². The van der Waals surface area contributed by atoms with E-state index in [-0.39, 0.29) is 17.9 Å². The zero-order chi connectivity index (χ0) is 16.8. The third-order valence-electron chi connectivity index (χ3n) is 4.73. The van der Waals surface area contributed by atoms with Crippen molar-refractivity contribution >= 4 is 11.9 Å². The summed E-state index contributed by atoms with van der Waals surface area (Å²) in [7, 11) is 0. The number of carboxylic acid groups (broad SMARTS) is 1. The highest BCUT2D eigenvalue weighted by atomic mass is 16.4. The SMILES string of the molecule is CC(C)c1ccc(CCC(=O)NC2CCC(C(=O)O)CC2)cc1. The van der Waals surface area contributed by atoms with Crippen LogP contribution in [0.3, 0.4) is 0 Å². The first-order valence-electron chi connectivity index (χ1n) is 8.56. The molecule has 1 amide bonds. The molecular weight excluding hydrogens is 290 g/mol. The molecule has 0 radical (unpaired) electrons. The van der Waals surface area contributed by atoms with Crippen molar-refractivity contribution in [3.63, 3.8) is 0 Å². The summed E-state index contributed by atoms with van der Waals surface area (Å²) in [5.41, 5.74) is 2.49. The predicted octanol–water partition coefficient (Wildman–Crippen LogP) is 3.50. The van der Waals surface area contributed by atoms with Gasteiger partial charge in [-0.1, -0.05) is 38.1 Å². The average molecular weight is 317 g/mol. The highest BCUT2D eigenvalue weighted by Crippen LogP contribution is 2.24. The lowest BCUT2D eigenvalue weighted by atomic mass is 9.86. The van der Waals surface area contributed by atoms with E-state index in [1.54, 1.807) is 0 Å². The van der Waals surface area contributed by atoms with Crippen molar-refractivity contribution in [1.82, 2.24) is 5.32 Å². The molecule has 0 unspecified atom stereocenters. The van der Waals surface area contributed by atoms with E-state index in [2.05, 4.69) is 43.4 Å². The van der Waals surface area contributed by atoms with E-state index in [0.29, 0.717) is 25.2 Å². The molecule has 4 nitrogen and oxygen atoms in total. The van der Waals surface area contributed by atoms with Gasteiger partial charge in [-0.3, -0.25) is 9.59 Å². The quantitative estimate of drug-likeness (QED) is 0.844. The van der Waals surface area contributed by atoms with Gasteiger partial charge in [0.05, 0.1) is 5.92 Å². The van der Waals surface area contributed by atoms with E-state index in [9.17, 15) is 9.59 Å². The number of hydrogen-bond donors (Lipinski definition) is 2. The van der Waals surface area contributed by atoms with Gasteiger partial charge in [0, 0.05) is 12.5 Å². The maximum atomic E-state index is 12.0. The molecule has 0 aliphatic heterocycles. The summed E-state index contributed by atoms with van der Waals surface area (Å²) >= 11 is 0. The highest BCUT2D eigenvalue weighted by molar-refractivity contribution is 5.76. The van der Waals surface area contributed by atoms with Crippen LogP contribution in [0.15, 0.2) is 24.3 Å². The minimum atomic E-state index is -0.709. The summed E-state index contributed by atoms with van der Waals surface area (Å²) in [5.74, 6) is -0.354. The normalized spacial score (nSPS) is 21.2. The van der Waals surface area contributed by atoms with Crippen LogP contribution < -0.4 is 5.32 Å². The number of benzene rings is 1. The molecule has 0 heterocycles. The minimum absolute atomic E-state index is 0.0664. The molecule has 1 aliphatic carbocycles. The Balaban J connectivity index is 1.72. The summed E-state index contributed by atoms with van der Waals surface area (Å²) in [6.45, 7) is 4.34. The third kappa shape index (κ3) is 5.38. The number of amides is 1. The van der Waals surface area contributed by atoms with E-state index in [4.69, 9.17) is 5.11 Å². The van der Waals surface area contributed by atoms with Gasteiger partial charge in [0.2, 0.25) is 5.91 Å². The van der Waals surface area contributed by atoms with Crippen molar-refractivity contribution in [1.29, 1.82) is 0 Å². The van der Waals surface area contributed by atoms with Crippen LogP contribution in [0.5, 0.6) is 0 Å². The number of aryl methyl sites for hydroxylation is 1. The Kier molecular flexibility index (Phi) is 6.20. The molecule has 23 heavy (non-hydrogen) atoms. The van der Waals surface area contributed by atoms with Crippen molar-refractivity contribution < 1.29 is 14.7 Å². The van der Waals surface area contributed by atoms with E-state index in [1.807, 2.05) is 0 Å². The number of carbonyl (C=O) groups excluding carboxylic acids is 1. The molecule has 2 N–H and O–H groups in total. The van der Waals surface area contributed by atoms with Gasteiger partial charge in [0.15, 0.2) is 0 Å². The summed E-state index contributed by atoms with van der Waals surface area (Å²) in [4.78, 5) is 23.0. The molecular formula is C19H27NO3. The fourth-order valence-electron chi connectivity index (χ4n) is 3.11. The minimum Gasteiger partial charge on any atom is -0.481 e. The number of carboxylic acids is 1. The second kappa shape index (κ2) is 8.14. The monoisotopic (exact) mass is 317 g/mol. The molecule has 0 saturated heterocycles. The predicted molar refractivity (Wildman–Crippen MR) is 90.4 cm³/mol. The van der Waals surface area contributed by atoms with Crippen LogP contribution in [-0.4, -0.2) is 23.0 Å². The Labute approximate surface area is 138 Å². The molecule has 0 atom stereocenters. The Morgan fingerprint density at radius 2 is 1.74 bits per heavy atom. The number of hydrogen-bond acceptors (Lipinski definition) is 2. The molecule has 1 saturated carbocycles. The number of carbonyl (C=O) groups is 2. The zero-order valence-electron chi connectivity index (χ0n) is 14.0. The molecule has 0 bridgehead atoms. The third-order valence-corrected chi connectivity index (χ3v) is 4.73. The fourth-order valence-corrected chi connectivity index (χ4v) is 3.11. The van der Waals surface area contributed by atoms with Crippen LogP contribution in [0.1, 0.15) is 63.0 Å². The Morgan fingerprint density at radius 3 is 2.26 bits per heavy atom. The van der Waals surface area contributed by atoms with Crippen LogP contribution in [0.2, 0.25) is 0 Å². The first-order valence-corrected chi connectivity index (χ1v) is 8.56. The van der Waals surface area contributed by atoms with E-state index < -0.39 is 5.97 Å². The second-order valence-corrected chi connectivity index (χ2v) is 6.85. The summed E-state index contributed by atoms with van der Waals surface area (Å²) in [6, 6.07) is 8.60. The smallest absolute Gasteiger partial charge is 0.306 e.